The molecule has 0 saturated carbocycles. The van der Waals surface area contributed by atoms with Crippen LogP contribution >= 0.6 is 0 Å². The Kier molecular flexibility index (Phi) is 11.9. The molecule has 4 N–H and O–H groups in total. The van der Waals surface area contributed by atoms with Crippen molar-refractivity contribution in [1.82, 2.24) is 40.4 Å². The number of rotatable bonds is 10. The number of likely N-dealkylation sites (tertiary alicyclic amines) is 1. The van der Waals surface area contributed by atoms with E-state index < -0.39 is 32.3 Å². The molecule has 3 aromatic carbocycles. The Morgan fingerprint density at radius 3 is 2.20 bits per heavy atom. The first kappa shape index (κ1) is 42.0. The fourth-order valence-corrected chi connectivity index (χ4v) is 12.2. The number of nitrogens with zero attached hydrogens (tertiary/aromatic N) is 4. The molecule has 0 aliphatic carbocycles. The van der Waals surface area contributed by atoms with Crippen molar-refractivity contribution in [3.63, 3.8) is 0 Å². The maximum atomic E-state index is 14.4. The van der Waals surface area contributed by atoms with Crippen LogP contribution in [0.15, 0.2) is 60.8 Å². The van der Waals surface area contributed by atoms with Crippen molar-refractivity contribution in [2.75, 3.05) is 40.1 Å². The average molecular weight is 849 g/mol. The third-order valence-corrected chi connectivity index (χ3v) is 15.3. The zero-order chi connectivity index (χ0) is 43.0. The van der Waals surface area contributed by atoms with Crippen LogP contribution < -0.4 is 10.6 Å². The maximum absolute atomic E-state index is 14.4. The molecular weight excluding hydrogens is 793 g/mol. The van der Waals surface area contributed by atoms with Crippen LogP contribution in [-0.2, 0) is 23.8 Å². The molecule has 3 saturated heterocycles. The molecule has 16 heteroatoms. The minimum atomic E-state index is -1.80. The number of carbonyl (C=O) groups excluding carboxylic acids is 4. The second kappa shape index (κ2) is 17.3. The quantitative estimate of drug-likeness (QED) is 0.107. The third kappa shape index (κ3) is 8.73. The first-order valence-corrected chi connectivity index (χ1v) is 24.7. The molecular formula is C45H56N8O7Si. The summed E-state index contributed by atoms with van der Waals surface area (Å²) in [6.45, 7) is 10.1. The van der Waals surface area contributed by atoms with Crippen molar-refractivity contribution in [2.24, 2.45) is 11.8 Å². The molecule has 2 aromatic heterocycles. The molecule has 15 nitrogen and oxygen atoms in total. The molecule has 4 unspecified atom stereocenters. The summed E-state index contributed by atoms with van der Waals surface area (Å²) < 4.78 is 15.3. The van der Waals surface area contributed by atoms with Gasteiger partial charge < -0.3 is 44.6 Å². The fourth-order valence-electron chi connectivity index (χ4n) is 9.35. The molecule has 0 spiro atoms. The van der Waals surface area contributed by atoms with Gasteiger partial charge in [-0.05, 0) is 89.7 Å². The highest BCUT2D eigenvalue weighted by molar-refractivity contribution is 6.78. The number of nitrogens with one attached hydrogen (secondary N) is 4. The number of imidazole rings is 2. The number of fused-ring (bicyclic) bond motifs is 2. The van der Waals surface area contributed by atoms with E-state index >= 15 is 0 Å². The molecule has 5 aromatic rings. The lowest BCUT2D eigenvalue weighted by molar-refractivity contribution is -0.136. The van der Waals surface area contributed by atoms with E-state index in [-0.39, 0.29) is 35.7 Å². The number of carbonyl (C=O) groups is 4. The molecule has 3 aliphatic rings. The standard InChI is InChI=1S/C45H56N8O7Si/c1-26(2)38(50-44(56)58-3)42(54)52-17-7-8-36(52)40-46-23-35(49-40)32-12-11-28-20-29(9-10-30(28)21-32)31-13-14-33-34(22-31)48-41(47-33)37-24-61(5,6)25-53(37)43(55)39(51-45(57)59-4)27-15-18-60-19-16-27/h9-14,20-23,26-27,36-39H,7-8,15-19,24-25H2,1-6H3,(H,46,49)(H,47,48)(H,50,56)(H,51,57). The van der Waals surface area contributed by atoms with Gasteiger partial charge >= 0.3 is 12.2 Å². The topological polar surface area (TPSA) is 184 Å². The summed E-state index contributed by atoms with van der Waals surface area (Å²) in [6.07, 6.45) is 4.27. The zero-order valence-corrected chi connectivity index (χ0v) is 36.7. The summed E-state index contributed by atoms with van der Waals surface area (Å²) >= 11 is 0. The number of methoxy groups -OCH3 is 2. The van der Waals surface area contributed by atoms with E-state index in [1.165, 1.54) is 14.2 Å². The number of hydrogen-bond donors (Lipinski definition) is 4. The van der Waals surface area contributed by atoms with Gasteiger partial charge in [0.15, 0.2) is 0 Å². The van der Waals surface area contributed by atoms with Crippen LogP contribution in [0.1, 0.15) is 63.3 Å². The average Bonchev–Trinajstić information content (AvgIpc) is 4.09. The van der Waals surface area contributed by atoms with Crippen LogP contribution in [0.5, 0.6) is 0 Å². The van der Waals surface area contributed by atoms with Gasteiger partial charge in [-0.1, -0.05) is 57.3 Å². The Morgan fingerprint density at radius 2 is 1.48 bits per heavy atom. The van der Waals surface area contributed by atoms with Crippen molar-refractivity contribution in [2.45, 2.75) is 82.8 Å². The normalized spacial score (nSPS) is 20.2. The van der Waals surface area contributed by atoms with E-state index in [1.54, 1.807) is 0 Å². The molecule has 3 fully saturated rings. The smallest absolute Gasteiger partial charge is 0.407 e. The van der Waals surface area contributed by atoms with Crippen molar-refractivity contribution < 1.29 is 33.4 Å². The second-order valence-electron chi connectivity index (χ2n) is 17.8. The van der Waals surface area contributed by atoms with Crippen molar-refractivity contribution in [3.05, 3.63) is 72.4 Å². The zero-order valence-electron chi connectivity index (χ0n) is 35.7. The predicted molar refractivity (Wildman–Crippen MR) is 234 cm³/mol. The lowest BCUT2D eigenvalue weighted by atomic mass is 9.90. The largest absolute Gasteiger partial charge is 0.453 e. The van der Waals surface area contributed by atoms with Crippen LogP contribution in [0.2, 0.25) is 19.1 Å². The molecule has 61 heavy (non-hydrogen) atoms. The Bertz CT molecular complexity index is 2440. The van der Waals surface area contributed by atoms with Gasteiger partial charge in [-0.25, -0.2) is 19.6 Å². The summed E-state index contributed by atoms with van der Waals surface area (Å²) in [4.78, 5) is 73.0. The lowest BCUT2D eigenvalue weighted by Crippen LogP contribution is -2.53. The van der Waals surface area contributed by atoms with Gasteiger partial charge in [-0.3, -0.25) is 9.59 Å². The monoisotopic (exact) mass is 848 g/mol. The number of amides is 4. The SMILES string of the molecule is COC(=O)NC(C(=O)N1CCCC1c1ncc(-c2ccc3cc(-c4ccc5nc(C6C[Si](C)(C)CN6C(=O)C(NC(=O)OC)C6CCOCC6)[nH]c5c4)ccc3c2)[nH]1)C(C)C. The fraction of sp³-hybridized carbons (Fsp3) is 0.467. The Morgan fingerprint density at radius 1 is 0.803 bits per heavy atom. The first-order valence-electron chi connectivity index (χ1n) is 21.3. The minimum Gasteiger partial charge on any atom is -0.453 e. The highest BCUT2D eigenvalue weighted by Gasteiger charge is 2.47. The van der Waals surface area contributed by atoms with Crippen LogP contribution in [0, 0.1) is 11.8 Å². The molecule has 5 heterocycles. The van der Waals surface area contributed by atoms with E-state index in [0.29, 0.717) is 38.8 Å². The van der Waals surface area contributed by atoms with Crippen molar-refractivity contribution >= 4 is 53.9 Å². The molecule has 322 valence electrons. The second-order valence-corrected chi connectivity index (χ2v) is 22.8. The predicted octanol–water partition coefficient (Wildman–Crippen LogP) is 7.10. The van der Waals surface area contributed by atoms with Crippen molar-refractivity contribution in [1.29, 1.82) is 0 Å². The number of ether oxygens (including phenoxy) is 3. The summed E-state index contributed by atoms with van der Waals surface area (Å²) in [6, 6.07) is 18.0. The van der Waals surface area contributed by atoms with E-state index in [2.05, 4.69) is 82.2 Å². The van der Waals surface area contributed by atoms with Gasteiger partial charge in [0.25, 0.3) is 0 Å². The molecule has 8 rings (SSSR count). The van der Waals surface area contributed by atoms with Gasteiger partial charge in [0.2, 0.25) is 11.8 Å². The van der Waals surface area contributed by atoms with E-state index in [0.717, 1.165) is 74.7 Å². The highest BCUT2D eigenvalue weighted by atomic mass is 28.3. The molecule has 4 amide bonds. The molecule has 0 radical (unpaired) electrons. The minimum absolute atomic E-state index is 0.0361. The molecule has 4 atom stereocenters. The van der Waals surface area contributed by atoms with Crippen LogP contribution in [-0.4, -0.2) is 114 Å². The molecule has 3 aliphatic heterocycles. The third-order valence-electron chi connectivity index (χ3n) is 12.6. The van der Waals surface area contributed by atoms with Crippen LogP contribution in [0.4, 0.5) is 9.59 Å². The number of hydrogen-bond acceptors (Lipinski definition) is 9. The van der Waals surface area contributed by atoms with E-state index in [9.17, 15) is 19.2 Å². The first-order chi connectivity index (χ1) is 29.3. The number of alkyl carbamates (subject to hydrolysis) is 2. The summed E-state index contributed by atoms with van der Waals surface area (Å²) in [5, 5.41) is 7.73. The number of aromatic nitrogens is 4. The van der Waals surface area contributed by atoms with Crippen LogP contribution in [0.25, 0.3) is 44.2 Å². The van der Waals surface area contributed by atoms with Crippen molar-refractivity contribution in [3.8, 4) is 22.4 Å². The van der Waals surface area contributed by atoms with Gasteiger partial charge in [-0.2, -0.15) is 0 Å². The van der Waals surface area contributed by atoms with E-state index in [1.807, 2.05) is 35.9 Å². The van der Waals surface area contributed by atoms with E-state index in [4.69, 9.17) is 24.2 Å². The number of H-pyrrole nitrogens is 2. The maximum Gasteiger partial charge on any atom is 0.407 e. The summed E-state index contributed by atoms with van der Waals surface area (Å²) in [5.41, 5.74) is 5.68. The summed E-state index contributed by atoms with van der Waals surface area (Å²) in [5.74, 6) is 1.11. The van der Waals surface area contributed by atoms with Gasteiger partial charge in [0.05, 0.1) is 57.3 Å². The highest BCUT2D eigenvalue weighted by Crippen LogP contribution is 2.40. The number of benzene rings is 3. The van der Waals surface area contributed by atoms with Crippen LogP contribution in [0.3, 0.4) is 0 Å². The Hall–Kier alpha value is -5.74. The van der Waals surface area contributed by atoms with Gasteiger partial charge in [0.1, 0.15) is 23.7 Å². The molecule has 0 bridgehead atoms. The Balaban J connectivity index is 0.998. The van der Waals surface area contributed by atoms with Gasteiger partial charge in [-0.15, -0.1) is 0 Å². The van der Waals surface area contributed by atoms with Gasteiger partial charge in [0, 0.05) is 31.5 Å². The summed E-state index contributed by atoms with van der Waals surface area (Å²) in [7, 11) is 0.809. The lowest BCUT2D eigenvalue weighted by Gasteiger charge is -2.34. The number of aromatic amines is 2. The Labute approximate surface area is 356 Å².